The van der Waals surface area contributed by atoms with Crippen LogP contribution < -0.4 is 10.1 Å². The third-order valence-electron chi connectivity index (χ3n) is 5.48. The van der Waals surface area contributed by atoms with Crippen LogP contribution in [0.2, 0.25) is 0 Å². The first-order chi connectivity index (χ1) is 15.0. The monoisotopic (exact) mass is 418 g/mol. The summed E-state index contributed by atoms with van der Waals surface area (Å²) in [6.07, 6.45) is 0.0787. The first-order valence-electron chi connectivity index (χ1n) is 10.1. The second kappa shape index (κ2) is 9.00. The molecule has 5 nitrogen and oxygen atoms in total. The van der Waals surface area contributed by atoms with Gasteiger partial charge in [0, 0.05) is 18.7 Å². The van der Waals surface area contributed by atoms with Crippen molar-refractivity contribution < 1.29 is 18.7 Å². The number of hydrogen-bond acceptors (Lipinski definition) is 3. The highest BCUT2D eigenvalue weighted by molar-refractivity contribution is 5.98. The van der Waals surface area contributed by atoms with E-state index in [0.29, 0.717) is 18.7 Å². The number of methoxy groups -OCH3 is 1. The highest BCUT2D eigenvalue weighted by atomic mass is 19.1. The maximum absolute atomic E-state index is 13.5. The lowest BCUT2D eigenvalue weighted by molar-refractivity contribution is -0.122. The van der Waals surface area contributed by atoms with Crippen molar-refractivity contribution in [2.24, 2.45) is 0 Å². The molecule has 1 atom stereocenters. The largest absolute Gasteiger partial charge is 0.497 e. The van der Waals surface area contributed by atoms with Crippen molar-refractivity contribution in [3.8, 4) is 5.75 Å². The van der Waals surface area contributed by atoms with Crippen molar-refractivity contribution in [3.63, 3.8) is 0 Å². The van der Waals surface area contributed by atoms with Crippen LogP contribution in [0, 0.1) is 5.82 Å². The number of nitrogens with one attached hydrogen (secondary N) is 1. The van der Waals surface area contributed by atoms with Gasteiger partial charge >= 0.3 is 0 Å². The molecule has 0 aromatic heterocycles. The van der Waals surface area contributed by atoms with Gasteiger partial charge in [-0.2, -0.15) is 0 Å². The molecule has 0 fully saturated rings. The molecule has 3 aromatic rings. The van der Waals surface area contributed by atoms with E-state index in [-0.39, 0.29) is 24.1 Å². The normalized spacial score (nSPS) is 13.6. The van der Waals surface area contributed by atoms with Crippen LogP contribution in [0.4, 0.5) is 4.39 Å². The summed E-state index contributed by atoms with van der Waals surface area (Å²) in [5.74, 6) is 0.0452. The van der Waals surface area contributed by atoms with Crippen LogP contribution in [0.1, 0.15) is 39.5 Å². The molecule has 0 saturated heterocycles. The van der Waals surface area contributed by atoms with E-state index >= 15 is 0 Å². The van der Waals surface area contributed by atoms with Crippen molar-refractivity contribution >= 4 is 11.8 Å². The van der Waals surface area contributed by atoms with E-state index in [2.05, 4.69) is 5.32 Å². The number of carbonyl (C=O) groups is 2. The Morgan fingerprint density at radius 1 is 1.10 bits per heavy atom. The zero-order valence-corrected chi connectivity index (χ0v) is 17.2. The summed E-state index contributed by atoms with van der Waals surface area (Å²) in [5, 5.41) is 2.91. The van der Waals surface area contributed by atoms with Crippen LogP contribution in [0.15, 0.2) is 72.8 Å². The van der Waals surface area contributed by atoms with Gasteiger partial charge in [0.05, 0.1) is 19.6 Å². The van der Waals surface area contributed by atoms with Gasteiger partial charge in [-0.25, -0.2) is 4.39 Å². The van der Waals surface area contributed by atoms with Crippen molar-refractivity contribution in [1.82, 2.24) is 10.2 Å². The molecular formula is C25H23FN2O3. The van der Waals surface area contributed by atoms with E-state index in [1.807, 2.05) is 42.5 Å². The van der Waals surface area contributed by atoms with E-state index in [9.17, 15) is 14.0 Å². The van der Waals surface area contributed by atoms with E-state index in [1.165, 1.54) is 12.1 Å². The maximum Gasteiger partial charge on any atom is 0.255 e. The standard InChI is InChI=1S/C25H23FN2O3/c1-31-21-7-4-5-17(13-21)15-27-24(29)14-23(18-9-11-20(26)12-10-18)28-16-19-6-2-3-8-22(19)25(28)30/h2-13,23H,14-16H2,1H3,(H,27,29)/t23-/m0/s1. The summed E-state index contributed by atoms with van der Waals surface area (Å²) in [5.41, 5.74) is 3.21. The summed E-state index contributed by atoms with van der Waals surface area (Å²) in [7, 11) is 1.59. The zero-order chi connectivity index (χ0) is 21.8. The smallest absolute Gasteiger partial charge is 0.255 e. The topological polar surface area (TPSA) is 58.6 Å². The van der Waals surface area contributed by atoms with Gasteiger partial charge in [-0.05, 0) is 47.0 Å². The highest BCUT2D eigenvalue weighted by Crippen LogP contribution is 2.33. The van der Waals surface area contributed by atoms with Gasteiger partial charge in [0.1, 0.15) is 11.6 Å². The van der Waals surface area contributed by atoms with Crippen LogP contribution in [0.5, 0.6) is 5.75 Å². The number of nitrogens with zero attached hydrogens (tertiary/aromatic N) is 1. The molecule has 6 heteroatoms. The minimum absolute atomic E-state index is 0.0787. The number of benzene rings is 3. The molecule has 1 aliphatic heterocycles. The Balaban J connectivity index is 1.52. The lowest BCUT2D eigenvalue weighted by Gasteiger charge is -2.28. The SMILES string of the molecule is COc1cccc(CNC(=O)C[C@@H](c2ccc(F)cc2)N2Cc3ccccc3C2=O)c1. The van der Waals surface area contributed by atoms with Crippen molar-refractivity contribution in [1.29, 1.82) is 0 Å². The molecule has 31 heavy (non-hydrogen) atoms. The molecule has 0 bridgehead atoms. The zero-order valence-electron chi connectivity index (χ0n) is 17.2. The molecule has 1 N–H and O–H groups in total. The summed E-state index contributed by atoms with van der Waals surface area (Å²) in [4.78, 5) is 27.5. The Hall–Kier alpha value is -3.67. The van der Waals surface area contributed by atoms with Gasteiger partial charge in [-0.1, -0.05) is 42.5 Å². The first-order valence-corrected chi connectivity index (χ1v) is 10.1. The molecule has 0 saturated carbocycles. The van der Waals surface area contributed by atoms with Crippen molar-refractivity contribution in [2.45, 2.75) is 25.6 Å². The number of amides is 2. The number of rotatable bonds is 7. The minimum Gasteiger partial charge on any atom is -0.497 e. The van der Waals surface area contributed by atoms with E-state index in [0.717, 1.165) is 22.4 Å². The van der Waals surface area contributed by atoms with Crippen molar-refractivity contribution in [2.75, 3.05) is 7.11 Å². The van der Waals surface area contributed by atoms with Gasteiger partial charge in [-0.3, -0.25) is 9.59 Å². The van der Waals surface area contributed by atoms with Crippen LogP contribution in [0.25, 0.3) is 0 Å². The Morgan fingerprint density at radius 2 is 1.87 bits per heavy atom. The first kappa shape index (κ1) is 20.6. The summed E-state index contributed by atoms with van der Waals surface area (Å²) < 4.78 is 18.7. The molecule has 0 spiro atoms. The third-order valence-corrected chi connectivity index (χ3v) is 5.48. The molecule has 1 aliphatic rings. The highest BCUT2D eigenvalue weighted by Gasteiger charge is 2.34. The second-order valence-electron chi connectivity index (χ2n) is 7.49. The molecule has 3 aromatic carbocycles. The van der Waals surface area contributed by atoms with Crippen molar-refractivity contribution in [3.05, 3.63) is 101 Å². The number of halogens is 1. The summed E-state index contributed by atoms with van der Waals surface area (Å²) in [6, 6.07) is 20.4. The molecule has 0 radical (unpaired) electrons. The van der Waals surface area contributed by atoms with Gasteiger partial charge in [0.15, 0.2) is 0 Å². The fourth-order valence-corrected chi connectivity index (χ4v) is 3.85. The number of carbonyl (C=O) groups excluding carboxylic acids is 2. The van der Waals surface area contributed by atoms with E-state index in [4.69, 9.17) is 4.74 Å². The van der Waals surface area contributed by atoms with Crippen LogP contribution in [-0.4, -0.2) is 23.8 Å². The number of hydrogen-bond donors (Lipinski definition) is 1. The Morgan fingerprint density at radius 3 is 2.61 bits per heavy atom. The fourth-order valence-electron chi connectivity index (χ4n) is 3.85. The minimum atomic E-state index is -0.495. The maximum atomic E-state index is 13.5. The van der Waals surface area contributed by atoms with Crippen LogP contribution >= 0.6 is 0 Å². The Bertz CT molecular complexity index is 1100. The van der Waals surface area contributed by atoms with E-state index < -0.39 is 6.04 Å². The predicted octanol–water partition coefficient (Wildman–Crippen LogP) is 4.24. The number of ether oxygens (including phenoxy) is 1. The lowest BCUT2D eigenvalue weighted by atomic mass is 10.0. The predicted molar refractivity (Wildman–Crippen MR) is 115 cm³/mol. The van der Waals surface area contributed by atoms with E-state index in [1.54, 1.807) is 30.2 Å². The summed E-state index contributed by atoms with van der Waals surface area (Å²) >= 11 is 0. The molecule has 4 rings (SSSR count). The Kier molecular flexibility index (Phi) is 5.98. The molecule has 158 valence electrons. The summed E-state index contributed by atoms with van der Waals surface area (Å²) in [6.45, 7) is 0.764. The molecule has 1 heterocycles. The molecule has 0 aliphatic carbocycles. The van der Waals surface area contributed by atoms with Crippen LogP contribution in [0.3, 0.4) is 0 Å². The molecular weight excluding hydrogens is 395 g/mol. The number of fused-ring (bicyclic) bond motifs is 1. The molecule has 2 amide bonds. The average molecular weight is 418 g/mol. The van der Waals surface area contributed by atoms with Gasteiger partial charge in [-0.15, -0.1) is 0 Å². The molecule has 0 unspecified atom stereocenters. The third kappa shape index (κ3) is 4.58. The quantitative estimate of drug-likeness (QED) is 0.625. The van der Waals surface area contributed by atoms with Crippen LogP contribution in [-0.2, 0) is 17.9 Å². The lowest BCUT2D eigenvalue weighted by Crippen LogP contribution is -2.34. The second-order valence-corrected chi connectivity index (χ2v) is 7.49. The van der Waals surface area contributed by atoms with Gasteiger partial charge < -0.3 is 15.0 Å². The van der Waals surface area contributed by atoms with Gasteiger partial charge in [0.25, 0.3) is 5.91 Å². The Labute approximate surface area is 180 Å². The average Bonchev–Trinajstić information content (AvgIpc) is 3.13. The van der Waals surface area contributed by atoms with Gasteiger partial charge in [0.2, 0.25) is 5.91 Å². The fraction of sp³-hybridized carbons (Fsp3) is 0.200.